The van der Waals surface area contributed by atoms with Crippen molar-refractivity contribution in [3.8, 4) is 16.9 Å². The van der Waals surface area contributed by atoms with E-state index in [9.17, 15) is 0 Å². The van der Waals surface area contributed by atoms with Crippen LogP contribution in [0.3, 0.4) is 0 Å². The van der Waals surface area contributed by atoms with Gasteiger partial charge in [0, 0.05) is 48.0 Å². The molecule has 0 bridgehead atoms. The SMILES string of the molecule is CC(C)c1cccc(C(C)C)c1NC(C1=CC=CCC=C1)c1nc2c(-c3ccccc3)cccc2n1C.CC(C)c1cccc(C(C)C)c1NC(c1ccccc1)c1nc(-n2c3ccccc3c3ccccc32)cn1C. The maximum absolute atomic E-state index is 5.34. The van der Waals surface area contributed by atoms with Crippen molar-refractivity contribution in [1.29, 1.82) is 0 Å². The minimum absolute atomic E-state index is 0.0996. The summed E-state index contributed by atoms with van der Waals surface area (Å²) in [6, 6.07) is 58.1. The highest BCUT2D eigenvalue weighted by molar-refractivity contribution is 6.09. The monoisotopic (exact) mass is 1000 g/mol. The van der Waals surface area contributed by atoms with Crippen molar-refractivity contribution in [2.75, 3.05) is 10.6 Å². The van der Waals surface area contributed by atoms with Gasteiger partial charge in [0.15, 0.2) is 5.82 Å². The highest BCUT2D eigenvalue weighted by Gasteiger charge is 2.28. The van der Waals surface area contributed by atoms with Crippen molar-refractivity contribution in [1.82, 2.24) is 23.7 Å². The zero-order chi connectivity index (χ0) is 53.0. The first-order valence-electron chi connectivity index (χ1n) is 27.3. The first-order valence-corrected chi connectivity index (χ1v) is 27.3. The fourth-order valence-corrected chi connectivity index (χ4v) is 11.1. The number of nitrogens with zero attached hydrogens (tertiary/aromatic N) is 5. The molecule has 0 fully saturated rings. The van der Waals surface area contributed by atoms with Crippen LogP contribution in [0.15, 0.2) is 206 Å². The molecule has 0 radical (unpaired) electrons. The molecule has 0 saturated carbocycles. The van der Waals surface area contributed by atoms with E-state index < -0.39 is 0 Å². The minimum atomic E-state index is -0.115. The molecule has 0 saturated heterocycles. The molecule has 384 valence electrons. The van der Waals surface area contributed by atoms with E-state index in [0.29, 0.717) is 23.7 Å². The van der Waals surface area contributed by atoms with E-state index in [1.54, 1.807) is 0 Å². The zero-order valence-electron chi connectivity index (χ0n) is 46.0. The van der Waals surface area contributed by atoms with Crippen LogP contribution in [0.2, 0.25) is 0 Å². The van der Waals surface area contributed by atoms with E-state index in [1.807, 2.05) is 0 Å². The van der Waals surface area contributed by atoms with Crippen molar-refractivity contribution in [3.63, 3.8) is 0 Å². The first-order chi connectivity index (χ1) is 36.9. The summed E-state index contributed by atoms with van der Waals surface area (Å²) >= 11 is 0. The van der Waals surface area contributed by atoms with Gasteiger partial charge in [-0.2, -0.15) is 0 Å². The molecule has 0 spiro atoms. The van der Waals surface area contributed by atoms with E-state index in [0.717, 1.165) is 40.5 Å². The highest BCUT2D eigenvalue weighted by atomic mass is 15.2. The maximum Gasteiger partial charge on any atom is 0.156 e. The van der Waals surface area contributed by atoms with E-state index >= 15 is 0 Å². The van der Waals surface area contributed by atoms with Gasteiger partial charge in [-0.25, -0.2) is 9.97 Å². The Hall–Kier alpha value is -8.16. The molecule has 11 rings (SSSR count). The summed E-state index contributed by atoms with van der Waals surface area (Å²) in [6.07, 6.45) is 14.2. The van der Waals surface area contributed by atoms with Gasteiger partial charge >= 0.3 is 0 Å². The highest BCUT2D eigenvalue weighted by Crippen LogP contribution is 2.41. The average Bonchev–Trinajstić information content (AvgIpc) is 4.01. The number of hydrogen-bond donors (Lipinski definition) is 2. The van der Waals surface area contributed by atoms with E-state index in [1.165, 1.54) is 72.1 Å². The molecule has 10 aromatic rings. The molecular formula is C69H73N7. The summed E-state index contributed by atoms with van der Waals surface area (Å²) in [5.74, 6) is 4.53. The Morgan fingerprint density at radius 2 is 0.974 bits per heavy atom. The number of imidazole rings is 2. The maximum atomic E-state index is 5.34. The van der Waals surface area contributed by atoms with Crippen molar-refractivity contribution in [2.45, 2.75) is 97.6 Å². The molecule has 0 aliphatic heterocycles. The molecule has 3 aromatic heterocycles. The van der Waals surface area contributed by atoms with Gasteiger partial charge in [0.25, 0.3) is 0 Å². The van der Waals surface area contributed by atoms with Crippen molar-refractivity contribution < 1.29 is 0 Å². The summed E-state index contributed by atoms with van der Waals surface area (Å²) in [7, 11) is 4.25. The number of para-hydroxylation sites is 5. The minimum Gasteiger partial charge on any atom is -0.371 e. The molecule has 7 aromatic carbocycles. The van der Waals surface area contributed by atoms with Crippen molar-refractivity contribution in [3.05, 3.63) is 245 Å². The van der Waals surface area contributed by atoms with Crippen LogP contribution in [0.1, 0.15) is 137 Å². The Balaban J connectivity index is 0.000000173. The largest absolute Gasteiger partial charge is 0.371 e. The predicted octanol–water partition coefficient (Wildman–Crippen LogP) is 18.0. The molecule has 3 heterocycles. The lowest BCUT2D eigenvalue weighted by atomic mass is 9.91. The normalized spacial score (nSPS) is 13.4. The van der Waals surface area contributed by atoms with Crippen LogP contribution in [0, 0.1) is 0 Å². The number of benzene rings is 7. The van der Waals surface area contributed by atoms with Crippen LogP contribution in [0.5, 0.6) is 0 Å². The second-order valence-corrected chi connectivity index (χ2v) is 21.5. The van der Waals surface area contributed by atoms with E-state index in [2.05, 4.69) is 294 Å². The number of aromatic nitrogens is 5. The zero-order valence-corrected chi connectivity index (χ0v) is 46.0. The molecule has 2 N–H and O–H groups in total. The first kappa shape index (κ1) is 51.3. The van der Waals surface area contributed by atoms with Gasteiger partial charge in [0.05, 0.1) is 22.1 Å². The van der Waals surface area contributed by atoms with Gasteiger partial charge in [-0.05, 0) is 87.2 Å². The molecule has 7 heteroatoms. The summed E-state index contributed by atoms with van der Waals surface area (Å²) < 4.78 is 6.73. The summed E-state index contributed by atoms with van der Waals surface area (Å²) in [6.45, 7) is 18.2. The molecule has 1 aliphatic carbocycles. The second-order valence-electron chi connectivity index (χ2n) is 21.5. The second kappa shape index (κ2) is 22.4. The lowest BCUT2D eigenvalue weighted by Crippen LogP contribution is -2.19. The molecule has 0 amide bonds. The smallest absolute Gasteiger partial charge is 0.156 e. The Bertz CT molecular complexity index is 3620. The van der Waals surface area contributed by atoms with Crippen molar-refractivity contribution in [2.24, 2.45) is 14.1 Å². The third-order valence-electron chi connectivity index (χ3n) is 15.1. The Labute approximate surface area is 450 Å². The van der Waals surface area contributed by atoms with Crippen molar-refractivity contribution >= 4 is 44.2 Å². The molecule has 7 nitrogen and oxygen atoms in total. The van der Waals surface area contributed by atoms with Gasteiger partial charge in [0.1, 0.15) is 23.7 Å². The number of hydrogen-bond acceptors (Lipinski definition) is 4. The van der Waals surface area contributed by atoms with Crippen LogP contribution >= 0.6 is 0 Å². The summed E-state index contributed by atoms with van der Waals surface area (Å²) in [4.78, 5) is 10.7. The van der Waals surface area contributed by atoms with Gasteiger partial charge in [-0.3, -0.25) is 4.57 Å². The average molecular weight is 1000 g/mol. The van der Waals surface area contributed by atoms with Crippen LogP contribution in [-0.2, 0) is 14.1 Å². The Kier molecular flexibility index (Phi) is 15.1. The summed E-state index contributed by atoms with van der Waals surface area (Å²) in [5, 5.41) is 10.5. The number of allylic oxidation sites excluding steroid dienone is 4. The number of aryl methyl sites for hydroxylation is 2. The molecule has 76 heavy (non-hydrogen) atoms. The lowest BCUT2D eigenvalue weighted by molar-refractivity contribution is 0.740. The number of rotatable bonds is 14. The van der Waals surface area contributed by atoms with Crippen LogP contribution in [0.4, 0.5) is 11.4 Å². The molecular weight excluding hydrogens is 927 g/mol. The van der Waals surface area contributed by atoms with Crippen LogP contribution < -0.4 is 10.6 Å². The standard InChI is InChI=1S/C35H36N4.C34H37N3/c1-23(2)26-18-13-19-27(24(3)4)34(26)37-33(25-14-7-6-8-15-25)35-36-32(22-38(35)5)39-30-20-11-9-16-28(30)29-17-10-12-21-31(29)39;1-23(2)27-19-13-20-28(24(3)4)32(27)35-31(26-17-9-6-7-10-18-26)34-36-33-29(25-15-11-8-12-16-25)21-14-22-30(33)37(34)5/h6-24,33,37H,1-5H3;6,8-24,31,35H,7H2,1-5H3. The number of anilines is 2. The number of nitrogens with one attached hydrogen (secondary N) is 2. The fraction of sp³-hybridized carbons (Fsp3) is 0.246. The Morgan fingerprint density at radius 3 is 1.54 bits per heavy atom. The lowest BCUT2D eigenvalue weighted by Gasteiger charge is -2.27. The van der Waals surface area contributed by atoms with Gasteiger partial charge in [-0.15, -0.1) is 0 Å². The van der Waals surface area contributed by atoms with Gasteiger partial charge in [-0.1, -0.05) is 231 Å². The fourth-order valence-electron chi connectivity index (χ4n) is 11.1. The van der Waals surface area contributed by atoms with Crippen LogP contribution in [-0.4, -0.2) is 23.7 Å². The molecule has 2 atom stereocenters. The summed E-state index contributed by atoms with van der Waals surface area (Å²) in [5.41, 5.74) is 17.1. The third kappa shape index (κ3) is 10.2. The van der Waals surface area contributed by atoms with E-state index in [4.69, 9.17) is 9.97 Å². The number of fused-ring (bicyclic) bond motifs is 4. The van der Waals surface area contributed by atoms with Crippen LogP contribution in [0.25, 0.3) is 49.8 Å². The molecule has 1 aliphatic rings. The third-order valence-corrected chi connectivity index (χ3v) is 15.1. The predicted molar refractivity (Wildman–Crippen MR) is 322 cm³/mol. The molecule has 2 unspecified atom stereocenters. The Morgan fingerprint density at radius 1 is 0.474 bits per heavy atom. The van der Waals surface area contributed by atoms with Gasteiger partial charge in [0.2, 0.25) is 0 Å². The topological polar surface area (TPSA) is 64.6 Å². The quantitative estimate of drug-likeness (QED) is 0.114. The van der Waals surface area contributed by atoms with E-state index in [-0.39, 0.29) is 12.1 Å². The van der Waals surface area contributed by atoms with Gasteiger partial charge < -0.3 is 19.8 Å².